The van der Waals surface area contributed by atoms with Gasteiger partial charge in [-0.25, -0.2) is 12.8 Å². The van der Waals surface area contributed by atoms with Crippen LogP contribution < -0.4 is 0 Å². The average Bonchev–Trinajstić information content (AvgIpc) is 2.74. The summed E-state index contributed by atoms with van der Waals surface area (Å²) in [6.45, 7) is -0.166. The Labute approximate surface area is 144 Å². The highest BCUT2D eigenvalue weighted by molar-refractivity contribution is 9.11. The summed E-state index contributed by atoms with van der Waals surface area (Å²) in [5.41, 5.74) is 0.131. The van der Waals surface area contributed by atoms with Crippen LogP contribution in [0.15, 0.2) is 32.3 Å². The lowest BCUT2D eigenvalue weighted by molar-refractivity contribution is 0.458. The summed E-state index contributed by atoms with van der Waals surface area (Å²) < 4.78 is 40.2. The van der Waals surface area contributed by atoms with E-state index in [4.69, 9.17) is 23.2 Å². The van der Waals surface area contributed by atoms with E-state index < -0.39 is 15.8 Å². The first-order valence-corrected chi connectivity index (χ1v) is 9.38. The van der Waals surface area contributed by atoms with Crippen molar-refractivity contribution in [1.29, 1.82) is 0 Å². The highest BCUT2D eigenvalue weighted by Gasteiger charge is 2.25. The zero-order chi connectivity index (χ0) is 15.8. The van der Waals surface area contributed by atoms with E-state index >= 15 is 0 Å². The Balaban J connectivity index is 2.33. The molecule has 0 aliphatic heterocycles. The van der Waals surface area contributed by atoms with E-state index in [1.54, 1.807) is 0 Å². The molecule has 0 saturated carbocycles. The smallest absolute Gasteiger partial charge is 0.207 e. The monoisotopic (exact) mass is 431 g/mol. The molecule has 0 aliphatic rings. The first kappa shape index (κ1) is 17.2. The molecule has 0 saturated heterocycles. The Kier molecular flexibility index (Phi) is 5.33. The van der Waals surface area contributed by atoms with Gasteiger partial charge in [-0.1, -0.05) is 29.3 Å². The summed E-state index contributed by atoms with van der Waals surface area (Å²) in [5.74, 6) is -0.546. The predicted molar refractivity (Wildman–Crippen MR) is 87.1 cm³/mol. The number of halogens is 4. The molecule has 0 bridgehead atoms. The normalized spacial score (nSPS) is 12.1. The zero-order valence-electron chi connectivity index (χ0n) is 10.6. The number of hydrogen-bond acceptors (Lipinski definition) is 3. The molecule has 2 aromatic rings. The molecule has 0 unspecified atom stereocenters. The Morgan fingerprint density at radius 2 is 2.00 bits per heavy atom. The van der Waals surface area contributed by atoms with Crippen molar-refractivity contribution in [3.8, 4) is 0 Å². The predicted octanol–water partition coefficient (Wildman–Crippen LogP) is 4.78. The number of thiophene rings is 1. The summed E-state index contributed by atoms with van der Waals surface area (Å²) in [6.07, 6.45) is 0. The lowest BCUT2D eigenvalue weighted by Gasteiger charge is -2.17. The van der Waals surface area contributed by atoms with E-state index in [0.29, 0.717) is 8.81 Å². The molecule has 114 valence electrons. The zero-order valence-corrected chi connectivity index (χ0v) is 15.3. The van der Waals surface area contributed by atoms with Crippen LogP contribution in [0.4, 0.5) is 4.39 Å². The van der Waals surface area contributed by atoms with Gasteiger partial charge in [0.05, 0.1) is 8.81 Å². The molecule has 0 aliphatic carbocycles. The van der Waals surface area contributed by atoms with Crippen LogP contribution >= 0.6 is 50.5 Å². The summed E-state index contributed by atoms with van der Waals surface area (Å²) in [6, 6.07) is 5.57. The van der Waals surface area contributed by atoms with Gasteiger partial charge >= 0.3 is 0 Å². The lowest BCUT2D eigenvalue weighted by atomic mass is 10.2. The molecule has 1 aromatic heterocycles. The maximum absolute atomic E-state index is 13.7. The minimum atomic E-state index is -3.76. The van der Waals surface area contributed by atoms with Crippen LogP contribution in [0.25, 0.3) is 0 Å². The maximum Gasteiger partial charge on any atom is 0.252 e. The largest absolute Gasteiger partial charge is 0.252 e. The molecule has 0 amide bonds. The van der Waals surface area contributed by atoms with Gasteiger partial charge in [-0.15, -0.1) is 11.3 Å². The second kappa shape index (κ2) is 6.52. The Morgan fingerprint density at radius 1 is 1.33 bits per heavy atom. The number of nitrogens with zero attached hydrogens (tertiary/aromatic N) is 1. The number of sulfonamides is 1. The molecular formula is C12H9BrCl2FNO2S2. The molecule has 0 spiro atoms. The van der Waals surface area contributed by atoms with Crippen LogP contribution in [0.2, 0.25) is 10.0 Å². The third-order valence-corrected chi connectivity index (χ3v) is 7.81. The Hall–Kier alpha value is -0.180. The highest BCUT2D eigenvalue weighted by Crippen LogP contribution is 2.36. The minimum Gasteiger partial charge on any atom is -0.207 e. The molecule has 21 heavy (non-hydrogen) atoms. The van der Waals surface area contributed by atoms with Crippen LogP contribution in [0.1, 0.15) is 5.56 Å². The summed E-state index contributed by atoms with van der Waals surface area (Å²) in [5, 5.41) is 0.498. The van der Waals surface area contributed by atoms with Gasteiger partial charge in [-0.2, -0.15) is 4.31 Å². The number of benzene rings is 1. The van der Waals surface area contributed by atoms with Gasteiger partial charge in [0.25, 0.3) is 10.0 Å². The van der Waals surface area contributed by atoms with E-state index in [1.807, 2.05) is 0 Å². The number of rotatable bonds is 4. The van der Waals surface area contributed by atoms with Gasteiger partial charge < -0.3 is 0 Å². The second-order valence-corrected chi connectivity index (χ2v) is 9.60. The molecule has 1 aromatic carbocycles. The molecule has 0 atom stereocenters. The Bertz CT molecular complexity index is 740. The third kappa shape index (κ3) is 3.60. The van der Waals surface area contributed by atoms with Crippen molar-refractivity contribution in [3.05, 3.63) is 49.5 Å². The summed E-state index contributed by atoms with van der Waals surface area (Å²) in [7, 11) is -2.40. The standard InChI is InChI=1S/C12H9BrCl2FNO2S2/c1-17(6-7-8(14)3-2-4-10(7)16)21(18,19)11-5-9(15)12(13)20-11/h2-5H,6H2,1H3. The molecule has 2 rings (SSSR count). The molecule has 0 N–H and O–H groups in total. The van der Waals surface area contributed by atoms with Gasteiger partial charge in [0.2, 0.25) is 0 Å². The third-order valence-electron chi connectivity index (χ3n) is 2.73. The number of hydrogen-bond donors (Lipinski definition) is 0. The second-order valence-electron chi connectivity index (χ2n) is 4.15. The van der Waals surface area contributed by atoms with Crippen molar-refractivity contribution in [2.24, 2.45) is 0 Å². The van der Waals surface area contributed by atoms with E-state index in [-0.39, 0.29) is 21.3 Å². The van der Waals surface area contributed by atoms with Crippen LogP contribution in [-0.2, 0) is 16.6 Å². The van der Waals surface area contributed by atoms with Gasteiger partial charge in [0.1, 0.15) is 10.0 Å². The fourth-order valence-electron chi connectivity index (χ4n) is 1.60. The molecule has 1 heterocycles. The van der Waals surface area contributed by atoms with Crippen molar-refractivity contribution in [3.63, 3.8) is 0 Å². The summed E-state index contributed by atoms with van der Waals surface area (Å²) >= 11 is 15.9. The highest BCUT2D eigenvalue weighted by atomic mass is 79.9. The van der Waals surface area contributed by atoms with Crippen molar-refractivity contribution >= 4 is 60.5 Å². The van der Waals surface area contributed by atoms with Crippen LogP contribution in [0, 0.1) is 5.82 Å². The van der Waals surface area contributed by atoms with E-state index in [9.17, 15) is 12.8 Å². The minimum absolute atomic E-state index is 0.0781. The van der Waals surface area contributed by atoms with Crippen molar-refractivity contribution in [2.75, 3.05) is 7.05 Å². The first-order chi connectivity index (χ1) is 9.73. The quantitative estimate of drug-likeness (QED) is 0.697. The van der Waals surface area contributed by atoms with Crippen LogP contribution in [-0.4, -0.2) is 19.8 Å². The van der Waals surface area contributed by atoms with Gasteiger partial charge in [0, 0.05) is 24.2 Å². The van der Waals surface area contributed by atoms with E-state index in [2.05, 4.69) is 15.9 Å². The molecule has 0 fully saturated rings. The maximum atomic E-state index is 13.7. The van der Waals surface area contributed by atoms with Crippen LogP contribution in [0.5, 0.6) is 0 Å². The van der Waals surface area contributed by atoms with Crippen molar-refractivity contribution in [1.82, 2.24) is 4.31 Å². The fraction of sp³-hybridized carbons (Fsp3) is 0.167. The molecule has 0 radical (unpaired) electrons. The topological polar surface area (TPSA) is 37.4 Å². The van der Waals surface area contributed by atoms with Gasteiger partial charge in [-0.05, 0) is 34.1 Å². The SMILES string of the molecule is CN(Cc1c(F)cccc1Cl)S(=O)(=O)c1cc(Cl)c(Br)s1. The molecule has 3 nitrogen and oxygen atoms in total. The van der Waals surface area contributed by atoms with Gasteiger partial charge in [0.15, 0.2) is 0 Å². The van der Waals surface area contributed by atoms with Crippen molar-refractivity contribution < 1.29 is 12.8 Å². The molecule has 9 heteroatoms. The van der Waals surface area contributed by atoms with E-state index in [1.165, 1.54) is 31.3 Å². The first-order valence-electron chi connectivity index (χ1n) is 5.57. The molecular weight excluding hydrogens is 424 g/mol. The van der Waals surface area contributed by atoms with Crippen molar-refractivity contribution in [2.45, 2.75) is 10.8 Å². The van der Waals surface area contributed by atoms with Gasteiger partial charge in [-0.3, -0.25) is 0 Å². The fourth-order valence-corrected chi connectivity index (χ4v) is 5.57. The van der Waals surface area contributed by atoms with E-state index in [0.717, 1.165) is 15.6 Å². The summed E-state index contributed by atoms with van der Waals surface area (Å²) in [4.78, 5) is 0. The average molecular weight is 433 g/mol. The Morgan fingerprint density at radius 3 is 2.52 bits per heavy atom. The lowest BCUT2D eigenvalue weighted by Crippen LogP contribution is -2.26. The van der Waals surface area contributed by atoms with Crippen LogP contribution in [0.3, 0.4) is 0 Å².